The topological polar surface area (TPSA) is 77.3 Å². The number of hydrogen-bond acceptors (Lipinski definition) is 6. The number of rotatable bonds is 6. The summed E-state index contributed by atoms with van der Waals surface area (Å²) in [5.74, 6) is 1.37. The van der Waals surface area contributed by atoms with Gasteiger partial charge in [-0.3, -0.25) is 15.0 Å². The Morgan fingerprint density at radius 1 is 0.289 bits per heavy atom. The molecule has 7 aromatic rings. The molecule has 0 unspecified atom stereocenters. The summed E-state index contributed by atoms with van der Waals surface area (Å²) in [7, 11) is 0. The predicted octanol–water partition coefficient (Wildman–Crippen LogP) is 8.98. The van der Waals surface area contributed by atoms with Gasteiger partial charge in [-0.2, -0.15) is 0 Å². The summed E-state index contributed by atoms with van der Waals surface area (Å²) in [5.41, 5.74) is 12.0. The molecule has 0 saturated heterocycles. The van der Waals surface area contributed by atoms with Crippen LogP contribution in [0, 0.1) is 20.8 Å². The fraction of sp³-hybridized carbons (Fsp3) is 0.0769. The van der Waals surface area contributed by atoms with E-state index in [0.29, 0.717) is 34.6 Å². The molecule has 0 N–H and O–H groups in total. The summed E-state index contributed by atoms with van der Waals surface area (Å²) >= 11 is 0. The average molecular weight is 583 g/mol. The van der Waals surface area contributed by atoms with Gasteiger partial charge in [0.2, 0.25) is 0 Å². The molecule has 0 amide bonds. The molecule has 0 saturated carbocycles. The largest absolute Gasteiger partial charge is 0.252 e. The van der Waals surface area contributed by atoms with Crippen molar-refractivity contribution in [1.29, 1.82) is 0 Å². The molecular formula is C39H30N6. The number of pyridine rings is 3. The Morgan fingerprint density at radius 2 is 0.533 bits per heavy atom. The van der Waals surface area contributed by atoms with Gasteiger partial charge in [-0.25, -0.2) is 15.0 Å². The van der Waals surface area contributed by atoms with Crippen LogP contribution in [-0.4, -0.2) is 29.9 Å². The average Bonchev–Trinajstić information content (AvgIpc) is 3.09. The molecule has 0 atom stereocenters. The van der Waals surface area contributed by atoms with Crippen molar-refractivity contribution in [3.8, 4) is 67.9 Å². The summed E-state index contributed by atoms with van der Waals surface area (Å²) in [6.45, 7) is 6.24. The molecule has 45 heavy (non-hydrogen) atoms. The van der Waals surface area contributed by atoms with Gasteiger partial charge in [0.05, 0.1) is 0 Å². The molecule has 6 nitrogen and oxygen atoms in total. The molecule has 0 bridgehead atoms. The zero-order valence-electron chi connectivity index (χ0n) is 25.3. The number of nitrogens with zero attached hydrogens (tertiary/aromatic N) is 6. The lowest BCUT2D eigenvalue weighted by molar-refractivity contribution is 1.03. The Morgan fingerprint density at radius 3 is 0.756 bits per heavy atom. The van der Waals surface area contributed by atoms with Crippen LogP contribution in [0.2, 0.25) is 0 Å². The SMILES string of the molecule is Cc1ccc(-c2ccc(-c3nc(-c4ccc(-c5ccc(C)cc5)cn4)nc(-c4ccc(-c5ccc(C)cc5)cn4)n3)nc2)cc1. The Kier molecular flexibility index (Phi) is 7.46. The lowest BCUT2D eigenvalue weighted by Gasteiger charge is -2.09. The molecule has 0 aliphatic heterocycles. The first-order valence-corrected chi connectivity index (χ1v) is 14.8. The lowest BCUT2D eigenvalue weighted by Crippen LogP contribution is -2.03. The van der Waals surface area contributed by atoms with Crippen LogP contribution in [0.5, 0.6) is 0 Å². The Hall–Kier alpha value is -5.88. The van der Waals surface area contributed by atoms with Gasteiger partial charge in [-0.1, -0.05) is 108 Å². The third kappa shape index (κ3) is 6.12. The van der Waals surface area contributed by atoms with E-state index in [1.165, 1.54) is 16.7 Å². The molecule has 3 aromatic carbocycles. The Labute approximate surface area is 262 Å². The van der Waals surface area contributed by atoms with Crippen molar-refractivity contribution in [3.63, 3.8) is 0 Å². The molecule has 0 fully saturated rings. The van der Waals surface area contributed by atoms with Gasteiger partial charge in [-0.15, -0.1) is 0 Å². The highest BCUT2D eigenvalue weighted by molar-refractivity contribution is 5.69. The van der Waals surface area contributed by atoms with Crippen LogP contribution in [0.3, 0.4) is 0 Å². The monoisotopic (exact) mass is 582 g/mol. The van der Waals surface area contributed by atoms with Crippen molar-refractivity contribution in [2.45, 2.75) is 20.8 Å². The number of aromatic nitrogens is 6. The molecule has 0 aliphatic carbocycles. The lowest BCUT2D eigenvalue weighted by atomic mass is 10.1. The maximum Gasteiger partial charge on any atom is 0.182 e. The van der Waals surface area contributed by atoms with E-state index in [-0.39, 0.29) is 0 Å². The van der Waals surface area contributed by atoms with Gasteiger partial charge in [0.1, 0.15) is 17.1 Å². The fourth-order valence-electron chi connectivity index (χ4n) is 5.05. The number of hydrogen-bond donors (Lipinski definition) is 0. The maximum absolute atomic E-state index is 4.83. The smallest absolute Gasteiger partial charge is 0.182 e. The second-order valence-electron chi connectivity index (χ2n) is 11.2. The molecule has 0 radical (unpaired) electrons. The Balaban J connectivity index is 1.27. The van der Waals surface area contributed by atoms with Crippen LogP contribution in [0.4, 0.5) is 0 Å². The molecule has 6 heteroatoms. The quantitative estimate of drug-likeness (QED) is 0.195. The maximum atomic E-state index is 4.83. The predicted molar refractivity (Wildman–Crippen MR) is 180 cm³/mol. The summed E-state index contributed by atoms with van der Waals surface area (Å²) in [6, 6.07) is 37.2. The normalized spacial score (nSPS) is 11.0. The minimum absolute atomic E-state index is 0.458. The van der Waals surface area contributed by atoms with Crippen molar-refractivity contribution in [1.82, 2.24) is 29.9 Å². The molecule has 0 spiro atoms. The van der Waals surface area contributed by atoms with Gasteiger partial charge >= 0.3 is 0 Å². The minimum atomic E-state index is 0.458. The van der Waals surface area contributed by atoms with E-state index < -0.39 is 0 Å². The van der Waals surface area contributed by atoms with Crippen LogP contribution in [0.1, 0.15) is 16.7 Å². The van der Waals surface area contributed by atoms with Crippen LogP contribution >= 0.6 is 0 Å². The molecule has 0 aliphatic rings. The fourth-order valence-corrected chi connectivity index (χ4v) is 5.05. The summed E-state index contributed by atoms with van der Waals surface area (Å²) in [4.78, 5) is 28.7. The van der Waals surface area contributed by atoms with Gasteiger partial charge in [0, 0.05) is 35.3 Å². The van der Waals surface area contributed by atoms with Crippen molar-refractivity contribution >= 4 is 0 Å². The molecule has 216 valence electrons. The van der Waals surface area contributed by atoms with E-state index in [1.807, 2.05) is 55.0 Å². The third-order valence-corrected chi connectivity index (χ3v) is 7.77. The first-order chi connectivity index (χ1) is 22.0. The summed E-state index contributed by atoms with van der Waals surface area (Å²) in [5, 5.41) is 0. The van der Waals surface area contributed by atoms with Crippen LogP contribution in [0.25, 0.3) is 67.9 Å². The second-order valence-corrected chi connectivity index (χ2v) is 11.2. The van der Waals surface area contributed by atoms with E-state index in [4.69, 9.17) is 29.9 Å². The highest BCUT2D eigenvalue weighted by Crippen LogP contribution is 2.27. The van der Waals surface area contributed by atoms with Gasteiger partial charge < -0.3 is 0 Å². The van der Waals surface area contributed by atoms with Crippen molar-refractivity contribution in [2.75, 3.05) is 0 Å². The number of aryl methyl sites for hydroxylation is 3. The van der Waals surface area contributed by atoms with E-state index in [1.54, 1.807) is 0 Å². The first-order valence-electron chi connectivity index (χ1n) is 14.8. The molecule has 7 rings (SSSR count). The highest BCUT2D eigenvalue weighted by atomic mass is 15.1. The number of benzene rings is 3. The standard InChI is InChI=1S/C39H30N6/c1-25-4-10-28(11-5-25)31-16-19-34(40-22-31)37-43-38(35-20-17-32(23-41-35)29-12-6-26(2)7-13-29)45-39(44-37)36-21-18-33(24-42-36)30-14-8-27(3)9-15-30/h4-24H,1-3H3. The van der Waals surface area contributed by atoms with Crippen molar-refractivity contribution in [2.24, 2.45) is 0 Å². The van der Waals surface area contributed by atoms with E-state index in [9.17, 15) is 0 Å². The Bertz CT molecular complexity index is 1810. The summed E-state index contributed by atoms with van der Waals surface area (Å²) in [6.07, 6.45) is 5.56. The third-order valence-electron chi connectivity index (χ3n) is 7.77. The molecule has 4 heterocycles. The minimum Gasteiger partial charge on any atom is -0.252 e. The van der Waals surface area contributed by atoms with E-state index in [0.717, 1.165) is 33.4 Å². The highest BCUT2D eigenvalue weighted by Gasteiger charge is 2.15. The first kappa shape index (κ1) is 27.9. The van der Waals surface area contributed by atoms with Gasteiger partial charge in [0.25, 0.3) is 0 Å². The second kappa shape index (κ2) is 12.0. The van der Waals surface area contributed by atoms with Crippen LogP contribution in [0.15, 0.2) is 128 Å². The van der Waals surface area contributed by atoms with Gasteiger partial charge in [0.15, 0.2) is 17.5 Å². The van der Waals surface area contributed by atoms with E-state index in [2.05, 4.69) is 93.6 Å². The zero-order valence-corrected chi connectivity index (χ0v) is 25.3. The van der Waals surface area contributed by atoms with Gasteiger partial charge in [-0.05, 0) is 55.7 Å². The molecular weight excluding hydrogens is 552 g/mol. The summed E-state index contributed by atoms with van der Waals surface area (Å²) < 4.78 is 0. The van der Waals surface area contributed by atoms with Crippen molar-refractivity contribution < 1.29 is 0 Å². The zero-order chi connectivity index (χ0) is 30.8. The van der Waals surface area contributed by atoms with E-state index >= 15 is 0 Å². The molecule has 4 aromatic heterocycles. The van der Waals surface area contributed by atoms with Crippen molar-refractivity contribution in [3.05, 3.63) is 144 Å². The van der Waals surface area contributed by atoms with Crippen LogP contribution < -0.4 is 0 Å². The van der Waals surface area contributed by atoms with Crippen LogP contribution in [-0.2, 0) is 0 Å².